The van der Waals surface area contributed by atoms with E-state index in [2.05, 4.69) is 20.8 Å². The lowest BCUT2D eigenvalue weighted by Gasteiger charge is -2.12. The second-order valence-electron chi connectivity index (χ2n) is 7.33. The fourth-order valence-corrected chi connectivity index (χ4v) is 4.66. The van der Waals surface area contributed by atoms with Crippen LogP contribution in [-0.2, 0) is 12.7 Å². The SMILES string of the molecule is CNCc1cn(Sc2cccc(OC)c2)c2cc(Nc3ccc(C(F)(F)F)cc3Cl)ccc12. The molecule has 0 aliphatic heterocycles. The maximum Gasteiger partial charge on any atom is 0.416 e. The normalized spacial score (nSPS) is 11.7. The topological polar surface area (TPSA) is 38.2 Å². The number of aromatic nitrogens is 1. The summed E-state index contributed by atoms with van der Waals surface area (Å²) in [7, 11) is 3.52. The second-order valence-corrected chi connectivity index (χ2v) is 8.78. The zero-order chi connectivity index (χ0) is 23.6. The molecular weight excluding hydrogens is 471 g/mol. The van der Waals surface area contributed by atoms with E-state index in [1.54, 1.807) is 19.1 Å². The van der Waals surface area contributed by atoms with Crippen LogP contribution in [0.2, 0.25) is 5.02 Å². The lowest BCUT2D eigenvalue weighted by atomic mass is 10.1. The smallest absolute Gasteiger partial charge is 0.416 e. The number of alkyl halides is 3. The van der Waals surface area contributed by atoms with Crippen molar-refractivity contribution in [1.29, 1.82) is 0 Å². The number of halogens is 4. The van der Waals surface area contributed by atoms with Crippen LogP contribution in [0, 0.1) is 0 Å². The van der Waals surface area contributed by atoms with Crippen LogP contribution < -0.4 is 15.4 Å². The first-order valence-electron chi connectivity index (χ1n) is 10.0. The molecule has 1 aromatic heterocycles. The molecule has 0 fully saturated rings. The minimum absolute atomic E-state index is 0.00179. The van der Waals surface area contributed by atoms with Crippen molar-refractivity contribution >= 4 is 45.8 Å². The summed E-state index contributed by atoms with van der Waals surface area (Å²) in [6.45, 7) is 0.694. The van der Waals surface area contributed by atoms with Crippen LogP contribution in [-0.4, -0.2) is 18.1 Å². The summed E-state index contributed by atoms with van der Waals surface area (Å²) in [6.07, 6.45) is -2.37. The molecule has 0 saturated carbocycles. The second kappa shape index (κ2) is 9.59. The maximum absolute atomic E-state index is 12.9. The molecule has 4 aromatic rings. The Kier molecular flexibility index (Phi) is 6.78. The highest BCUT2D eigenvalue weighted by Crippen LogP contribution is 2.36. The molecule has 0 bridgehead atoms. The molecule has 0 aliphatic carbocycles. The number of nitrogens with one attached hydrogen (secondary N) is 2. The van der Waals surface area contributed by atoms with Gasteiger partial charge in [-0.25, -0.2) is 0 Å². The molecule has 0 radical (unpaired) electrons. The number of hydrogen-bond acceptors (Lipinski definition) is 4. The third-order valence-electron chi connectivity index (χ3n) is 5.04. The van der Waals surface area contributed by atoms with E-state index < -0.39 is 11.7 Å². The van der Waals surface area contributed by atoms with Crippen molar-refractivity contribution in [3.8, 4) is 5.75 Å². The quantitative estimate of drug-likeness (QED) is 0.283. The van der Waals surface area contributed by atoms with Crippen molar-refractivity contribution in [2.75, 3.05) is 19.5 Å². The maximum atomic E-state index is 12.9. The van der Waals surface area contributed by atoms with Gasteiger partial charge in [0.15, 0.2) is 0 Å². The number of benzene rings is 3. The molecule has 0 amide bonds. The van der Waals surface area contributed by atoms with E-state index in [-0.39, 0.29) is 5.02 Å². The van der Waals surface area contributed by atoms with Crippen LogP contribution in [0.3, 0.4) is 0 Å². The Morgan fingerprint density at radius 2 is 1.88 bits per heavy atom. The monoisotopic (exact) mass is 491 g/mol. The van der Waals surface area contributed by atoms with Crippen molar-refractivity contribution in [2.45, 2.75) is 17.6 Å². The van der Waals surface area contributed by atoms with Gasteiger partial charge in [0.25, 0.3) is 0 Å². The Labute approximate surface area is 198 Å². The lowest BCUT2D eigenvalue weighted by Crippen LogP contribution is -2.05. The molecule has 172 valence electrons. The van der Waals surface area contributed by atoms with E-state index >= 15 is 0 Å². The molecule has 0 atom stereocenters. The van der Waals surface area contributed by atoms with Gasteiger partial charge < -0.3 is 15.4 Å². The summed E-state index contributed by atoms with van der Waals surface area (Å²) in [5, 5.41) is 7.39. The third-order valence-corrected chi connectivity index (χ3v) is 6.32. The molecule has 33 heavy (non-hydrogen) atoms. The first-order valence-corrected chi connectivity index (χ1v) is 11.2. The zero-order valence-electron chi connectivity index (χ0n) is 17.8. The molecule has 0 spiro atoms. The summed E-state index contributed by atoms with van der Waals surface area (Å²) in [5.41, 5.74) is 2.42. The van der Waals surface area contributed by atoms with Gasteiger partial charge in [0, 0.05) is 28.7 Å². The molecule has 4 nitrogen and oxygen atoms in total. The summed E-state index contributed by atoms with van der Waals surface area (Å²) in [4.78, 5) is 1.01. The zero-order valence-corrected chi connectivity index (χ0v) is 19.4. The standard InChI is InChI=1S/C24H21ClF3N3OS/c1-29-13-15-14-31(33-19-5-3-4-18(12-19)32-2)23-11-17(7-8-20(15)23)30-22-9-6-16(10-21(22)25)24(26,27)28/h3-12,14,29-30H,13H2,1-2H3. The van der Waals surface area contributed by atoms with Gasteiger partial charge in [-0.05, 0) is 73.1 Å². The highest BCUT2D eigenvalue weighted by molar-refractivity contribution is 7.98. The number of nitrogens with zero attached hydrogens (tertiary/aromatic N) is 1. The van der Waals surface area contributed by atoms with E-state index in [4.69, 9.17) is 16.3 Å². The van der Waals surface area contributed by atoms with Gasteiger partial charge in [-0.3, -0.25) is 3.97 Å². The van der Waals surface area contributed by atoms with E-state index in [0.717, 1.165) is 39.2 Å². The molecule has 0 saturated heterocycles. The van der Waals surface area contributed by atoms with Crippen molar-refractivity contribution in [1.82, 2.24) is 9.29 Å². The van der Waals surface area contributed by atoms with Gasteiger partial charge in [0.05, 0.1) is 28.9 Å². The fourth-order valence-electron chi connectivity index (χ4n) is 3.47. The average Bonchev–Trinajstić information content (AvgIpc) is 3.11. The first kappa shape index (κ1) is 23.4. The summed E-state index contributed by atoms with van der Waals surface area (Å²) >= 11 is 7.67. The Morgan fingerprint density at radius 3 is 2.58 bits per heavy atom. The van der Waals surface area contributed by atoms with Crippen LogP contribution in [0.25, 0.3) is 10.9 Å². The summed E-state index contributed by atoms with van der Waals surface area (Å²) < 4.78 is 46.2. The van der Waals surface area contributed by atoms with Gasteiger partial charge in [-0.15, -0.1) is 0 Å². The van der Waals surface area contributed by atoms with Crippen LogP contribution >= 0.6 is 23.5 Å². The number of ether oxygens (including phenoxy) is 1. The third kappa shape index (κ3) is 5.24. The highest BCUT2D eigenvalue weighted by atomic mass is 35.5. The van der Waals surface area contributed by atoms with Crippen LogP contribution in [0.15, 0.2) is 71.8 Å². The minimum Gasteiger partial charge on any atom is -0.497 e. The Morgan fingerprint density at radius 1 is 1.06 bits per heavy atom. The lowest BCUT2D eigenvalue weighted by molar-refractivity contribution is -0.137. The van der Waals surface area contributed by atoms with Gasteiger partial charge in [-0.1, -0.05) is 23.7 Å². The predicted molar refractivity (Wildman–Crippen MR) is 129 cm³/mol. The molecule has 2 N–H and O–H groups in total. The number of rotatable bonds is 7. The average molecular weight is 492 g/mol. The van der Waals surface area contributed by atoms with Crippen molar-refractivity contribution in [2.24, 2.45) is 0 Å². The Balaban J connectivity index is 1.69. The predicted octanol–water partition coefficient (Wildman–Crippen LogP) is 7.34. The number of methoxy groups -OCH3 is 1. The van der Waals surface area contributed by atoms with E-state index in [0.29, 0.717) is 17.9 Å². The molecule has 4 rings (SSSR count). The van der Waals surface area contributed by atoms with Crippen molar-refractivity contribution in [3.05, 3.63) is 83.0 Å². The van der Waals surface area contributed by atoms with Gasteiger partial charge in [-0.2, -0.15) is 13.2 Å². The number of fused-ring (bicyclic) bond motifs is 1. The van der Waals surface area contributed by atoms with Crippen LogP contribution in [0.1, 0.15) is 11.1 Å². The summed E-state index contributed by atoms with van der Waals surface area (Å²) in [6, 6.07) is 16.9. The Bertz CT molecular complexity index is 1290. The molecule has 3 aromatic carbocycles. The molecule has 9 heteroatoms. The van der Waals surface area contributed by atoms with Gasteiger partial charge in [0.2, 0.25) is 0 Å². The molecular formula is C24H21ClF3N3OS. The van der Waals surface area contributed by atoms with Crippen LogP contribution in [0.4, 0.5) is 24.5 Å². The van der Waals surface area contributed by atoms with Gasteiger partial charge in [0.1, 0.15) is 5.75 Å². The van der Waals surface area contributed by atoms with E-state index in [9.17, 15) is 13.2 Å². The van der Waals surface area contributed by atoms with Crippen molar-refractivity contribution < 1.29 is 17.9 Å². The first-order chi connectivity index (χ1) is 15.8. The number of anilines is 2. The minimum atomic E-state index is -4.44. The number of hydrogen-bond donors (Lipinski definition) is 2. The van der Waals surface area contributed by atoms with E-state index in [1.165, 1.54) is 6.07 Å². The van der Waals surface area contributed by atoms with E-state index in [1.807, 2.05) is 49.5 Å². The van der Waals surface area contributed by atoms with Crippen molar-refractivity contribution in [3.63, 3.8) is 0 Å². The molecule has 0 unspecified atom stereocenters. The molecule has 0 aliphatic rings. The largest absolute Gasteiger partial charge is 0.497 e. The van der Waals surface area contributed by atoms with Gasteiger partial charge >= 0.3 is 6.18 Å². The van der Waals surface area contributed by atoms with Crippen LogP contribution in [0.5, 0.6) is 5.75 Å². The Hall–Kier alpha value is -2.81. The fraction of sp³-hybridized carbons (Fsp3) is 0.167. The highest BCUT2D eigenvalue weighted by Gasteiger charge is 2.30. The molecule has 1 heterocycles. The summed E-state index contributed by atoms with van der Waals surface area (Å²) in [5.74, 6) is 0.770.